The molecule has 0 radical (unpaired) electrons. The highest BCUT2D eigenvalue weighted by Gasteiger charge is 2.29. The Morgan fingerprint density at radius 3 is 3.06 bits per heavy atom. The van der Waals surface area contributed by atoms with Crippen LogP contribution < -0.4 is 0 Å². The zero-order valence-corrected chi connectivity index (χ0v) is 11.3. The molecule has 3 nitrogen and oxygen atoms in total. The first kappa shape index (κ1) is 12.2. The van der Waals surface area contributed by atoms with Crippen LogP contribution >= 0.6 is 11.3 Å². The molecule has 1 aromatic heterocycles. The summed E-state index contributed by atoms with van der Waals surface area (Å²) in [7, 11) is 0. The number of likely N-dealkylation sites (tertiary alicyclic amines) is 1. The van der Waals surface area contributed by atoms with E-state index in [0.29, 0.717) is 0 Å². The highest BCUT2D eigenvalue weighted by Crippen LogP contribution is 2.31. The topological polar surface area (TPSA) is 40.5 Å². The van der Waals surface area contributed by atoms with E-state index >= 15 is 0 Å². The molecule has 0 spiro atoms. The Balaban J connectivity index is 1.78. The molecule has 4 heteroatoms. The van der Waals surface area contributed by atoms with Gasteiger partial charge in [0, 0.05) is 35.9 Å². The van der Waals surface area contributed by atoms with Crippen molar-refractivity contribution in [2.75, 3.05) is 19.7 Å². The molecule has 1 atom stereocenters. The maximum atomic E-state index is 12.5. The molecule has 2 heterocycles. The lowest BCUT2D eigenvalue weighted by Gasteiger charge is -2.18. The standard InChI is InChI=1S/C14H19NO2S/c16-8-10-5-6-15(7-10)14(17)12-9-18-13-4-2-1-3-11(12)13/h9-10,16H,1-8H2. The first-order valence-electron chi connectivity index (χ1n) is 6.79. The maximum Gasteiger partial charge on any atom is 0.254 e. The van der Waals surface area contributed by atoms with Gasteiger partial charge in [-0.2, -0.15) is 0 Å². The smallest absolute Gasteiger partial charge is 0.254 e. The van der Waals surface area contributed by atoms with Crippen molar-refractivity contribution in [3.8, 4) is 0 Å². The first-order chi connectivity index (χ1) is 8.79. The number of aliphatic hydroxyl groups excluding tert-OH is 1. The van der Waals surface area contributed by atoms with Crippen LogP contribution in [0.1, 0.15) is 40.1 Å². The van der Waals surface area contributed by atoms with E-state index < -0.39 is 0 Å². The van der Waals surface area contributed by atoms with E-state index in [1.807, 2.05) is 10.3 Å². The lowest BCUT2D eigenvalue weighted by atomic mass is 9.95. The van der Waals surface area contributed by atoms with E-state index in [4.69, 9.17) is 5.11 Å². The van der Waals surface area contributed by atoms with Gasteiger partial charge in [0.1, 0.15) is 0 Å². The van der Waals surface area contributed by atoms with Gasteiger partial charge in [-0.1, -0.05) is 0 Å². The third kappa shape index (κ3) is 2.08. The van der Waals surface area contributed by atoms with E-state index in [0.717, 1.165) is 37.9 Å². The Morgan fingerprint density at radius 2 is 2.28 bits per heavy atom. The van der Waals surface area contributed by atoms with Crippen molar-refractivity contribution < 1.29 is 9.90 Å². The molecular formula is C14H19NO2S. The third-order valence-corrected chi connectivity index (χ3v) is 5.21. The molecule has 1 saturated heterocycles. The van der Waals surface area contributed by atoms with Crippen molar-refractivity contribution in [2.24, 2.45) is 5.92 Å². The summed E-state index contributed by atoms with van der Waals surface area (Å²) < 4.78 is 0. The van der Waals surface area contributed by atoms with Crippen LogP contribution in [0.25, 0.3) is 0 Å². The summed E-state index contributed by atoms with van der Waals surface area (Å²) in [6, 6.07) is 0. The average Bonchev–Trinajstić information content (AvgIpc) is 3.04. The first-order valence-corrected chi connectivity index (χ1v) is 7.67. The van der Waals surface area contributed by atoms with Crippen molar-refractivity contribution in [2.45, 2.75) is 32.1 Å². The van der Waals surface area contributed by atoms with Crippen molar-refractivity contribution in [3.63, 3.8) is 0 Å². The number of aryl methyl sites for hydroxylation is 1. The van der Waals surface area contributed by atoms with Gasteiger partial charge in [-0.25, -0.2) is 0 Å². The van der Waals surface area contributed by atoms with Crippen LogP contribution in [0.4, 0.5) is 0 Å². The zero-order chi connectivity index (χ0) is 12.5. The summed E-state index contributed by atoms with van der Waals surface area (Å²) >= 11 is 1.75. The third-order valence-electron chi connectivity index (χ3n) is 4.12. The van der Waals surface area contributed by atoms with Crippen LogP contribution in [0, 0.1) is 5.92 Å². The SMILES string of the molecule is O=C(c1csc2c1CCCC2)N1CCC(CO)C1. The molecule has 0 saturated carbocycles. The van der Waals surface area contributed by atoms with E-state index in [9.17, 15) is 4.79 Å². The predicted molar refractivity (Wildman–Crippen MR) is 72.1 cm³/mol. The summed E-state index contributed by atoms with van der Waals surface area (Å²) in [5.74, 6) is 0.466. The second-order valence-electron chi connectivity index (χ2n) is 5.35. The quantitative estimate of drug-likeness (QED) is 0.889. The molecule has 0 bridgehead atoms. The molecule has 18 heavy (non-hydrogen) atoms. The number of hydrogen-bond donors (Lipinski definition) is 1. The number of fused-ring (bicyclic) bond motifs is 1. The largest absolute Gasteiger partial charge is 0.396 e. The molecule has 3 rings (SSSR count). The lowest BCUT2D eigenvalue weighted by Crippen LogP contribution is -2.29. The van der Waals surface area contributed by atoms with E-state index in [1.165, 1.54) is 23.3 Å². The van der Waals surface area contributed by atoms with Crippen LogP contribution in [-0.4, -0.2) is 35.6 Å². The van der Waals surface area contributed by atoms with Gasteiger partial charge in [-0.05, 0) is 37.7 Å². The van der Waals surface area contributed by atoms with Crippen LogP contribution in [-0.2, 0) is 12.8 Å². The number of carbonyl (C=O) groups excluding carboxylic acids is 1. The number of amides is 1. The number of hydrogen-bond acceptors (Lipinski definition) is 3. The Kier molecular flexibility index (Phi) is 3.39. The summed E-state index contributed by atoms with van der Waals surface area (Å²) in [5.41, 5.74) is 2.25. The van der Waals surface area contributed by atoms with Crippen molar-refractivity contribution in [1.29, 1.82) is 0 Å². The van der Waals surface area contributed by atoms with Crippen LogP contribution in [0.15, 0.2) is 5.38 Å². The Bertz CT molecular complexity index is 455. The normalized spacial score (nSPS) is 23.2. The van der Waals surface area contributed by atoms with E-state index in [1.54, 1.807) is 11.3 Å². The van der Waals surface area contributed by atoms with Crippen molar-refractivity contribution >= 4 is 17.2 Å². The molecule has 1 aliphatic heterocycles. The minimum Gasteiger partial charge on any atom is -0.396 e. The number of aliphatic hydroxyl groups is 1. The van der Waals surface area contributed by atoms with Gasteiger partial charge in [0.25, 0.3) is 5.91 Å². The van der Waals surface area contributed by atoms with Gasteiger partial charge in [0.15, 0.2) is 0 Å². The fraction of sp³-hybridized carbons (Fsp3) is 0.643. The lowest BCUT2D eigenvalue weighted by molar-refractivity contribution is 0.0781. The van der Waals surface area contributed by atoms with Gasteiger partial charge in [-0.3, -0.25) is 4.79 Å². The number of carbonyl (C=O) groups is 1. The van der Waals surface area contributed by atoms with E-state index in [2.05, 4.69) is 0 Å². The Labute approximate surface area is 111 Å². The minimum absolute atomic E-state index is 0.186. The molecule has 1 unspecified atom stereocenters. The maximum absolute atomic E-state index is 12.5. The van der Waals surface area contributed by atoms with Gasteiger partial charge in [0.05, 0.1) is 5.56 Å². The summed E-state index contributed by atoms with van der Waals surface area (Å²) in [4.78, 5) is 15.8. The second kappa shape index (κ2) is 5.02. The highest BCUT2D eigenvalue weighted by molar-refractivity contribution is 7.10. The van der Waals surface area contributed by atoms with Crippen molar-refractivity contribution in [3.05, 3.63) is 21.4 Å². The molecule has 0 aromatic carbocycles. The fourth-order valence-electron chi connectivity index (χ4n) is 3.01. The second-order valence-corrected chi connectivity index (χ2v) is 6.31. The van der Waals surface area contributed by atoms with Gasteiger partial charge < -0.3 is 10.0 Å². The van der Waals surface area contributed by atoms with Gasteiger partial charge >= 0.3 is 0 Å². The van der Waals surface area contributed by atoms with Crippen LogP contribution in [0.3, 0.4) is 0 Å². The molecule has 98 valence electrons. The number of rotatable bonds is 2. The highest BCUT2D eigenvalue weighted by atomic mass is 32.1. The number of thiophene rings is 1. The average molecular weight is 265 g/mol. The molecule has 2 aliphatic rings. The monoisotopic (exact) mass is 265 g/mol. The zero-order valence-electron chi connectivity index (χ0n) is 10.5. The Morgan fingerprint density at radius 1 is 1.44 bits per heavy atom. The molecule has 1 amide bonds. The molecular weight excluding hydrogens is 246 g/mol. The minimum atomic E-state index is 0.186. The number of nitrogens with zero attached hydrogens (tertiary/aromatic N) is 1. The van der Waals surface area contributed by atoms with Crippen LogP contribution in [0.2, 0.25) is 0 Å². The van der Waals surface area contributed by atoms with Crippen molar-refractivity contribution in [1.82, 2.24) is 4.90 Å². The summed E-state index contributed by atoms with van der Waals surface area (Å²) in [6.45, 7) is 1.72. The van der Waals surface area contributed by atoms with Gasteiger partial charge in [-0.15, -0.1) is 11.3 Å². The molecule has 1 aromatic rings. The van der Waals surface area contributed by atoms with E-state index in [-0.39, 0.29) is 18.4 Å². The fourth-order valence-corrected chi connectivity index (χ4v) is 4.13. The van der Waals surface area contributed by atoms with Crippen LogP contribution in [0.5, 0.6) is 0 Å². The summed E-state index contributed by atoms with van der Waals surface area (Å²) in [5, 5.41) is 11.2. The molecule has 1 N–H and O–H groups in total. The molecule has 1 aliphatic carbocycles. The summed E-state index contributed by atoms with van der Waals surface area (Å²) in [6.07, 6.45) is 5.62. The van der Waals surface area contributed by atoms with Gasteiger partial charge in [0.2, 0.25) is 0 Å². The molecule has 1 fully saturated rings. The predicted octanol–water partition coefficient (Wildman–Crippen LogP) is 2.08. The Hall–Kier alpha value is -0.870.